The van der Waals surface area contributed by atoms with Gasteiger partial charge in [0.15, 0.2) is 0 Å². The monoisotopic (exact) mass is 310 g/mol. The van der Waals surface area contributed by atoms with Gasteiger partial charge in [0.2, 0.25) is 0 Å². The number of aromatic nitrogens is 2. The van der Waals surface area contributed by atoms with E-state index in [4.69, 9.17) is 26.1 Å². The van der Waals surface area contributed by atoms with Gasteiger partial charge in [-0.25, -0.2) is 4.98 Å². The molecule has 2 rings (SSSR count). The molecule has 116 valence electrons. The van der Waals surface area contributed by atoms with Crippen LogP contribution in [0.15, 0.2) is 18.2 Å². The van der Waals surface area contributed by atoms with E-state index >= 15 is 0 Å². The summed E-state index contributed by atoms with van der Waals surface area (Å²) in [5, 5.41) is 0. The molecule has 21 heavy (non-hydrogen) atoms. The summed E-state index contributed by atoms with van der Waals surface area (Å²) in [6, 6.07) is 6.23. The lowest BCUT2D eigenvalue weighted by Crippen LogP contribution is -2.22. The lowest BCUT2D eigenvalue weighted by Gasteiger charge is -2.24. The van der Waals surface area contributed by atoms with Gasteiger partial charge >= 0.3 is 0 Å². The fraction of sp³-hybridized carbons (Fsp3) is 0.562. The summed E-state index contributed by atoms with van der Waals surface area (Å²) in [6.45, 7) is 5.04. The first-order chi connectivity index (χ1) is 10.1. The second-order valence-corrected chi connectivity index (χ2v) is 5.81. The van der Waals surface area contributed by atoms with Gasteiger partial charge in [-0.05, 0) is 18.1 Å². The molecule has 5 heteroatoms. The van der Waals surface area contributed by atoms with Crippen molar-refractivity contribution in [2.45, 2.75) is 26.3 Å². The van der Waals surface area contributed by atoms with Crippen LogP contribution in [0.3, 0.4) is 0 Å². The van der Waals surface area contributed by atoms with E-state index in [0.29, 0.717) is 18.4 Å². The molecule has 0 radical (unpaired) electrons. The highest BCUT2D eigenvalue weighted by Crippen LogP contribution is 2.31. The Hall–Kier alpha value is -1.26. The fourth-order valence-electron chi connectivity index (χ4n) is 2.67. The quantitative estimate of drug-likeness (QED) is 0.732. The molecule has 2 aromatic rings. The minimum atomic E-state index is 0.227. The largest absolute Gasteiger partial charge is 0.494 e. The van der Waals surface area contributed by atoms with Crippen LogP contribution in [0.25, 0.3) is 11.0 Å². The zero-order valence-electron chi connectivity index (χ0n) is 13.1. The molecule has 1 aromatic heterocycles. The van der Waals surface area contributed by atoms with Crippen LogP contribution < -0.4 is 4.74 Å². The number of alkyl halides is 1. The molecule has 0 N–H and O–H groups in total. The fourth-order valence-corrected chi connectivity index (χ4v) is 2.84. The van der Waals surface area contributed by atoms with Gasteiger partial charge < -0.3 is 14.0 Å². The Labute approximate surface area is 131 Å². The average Bonchev–Trinajstić information content (AvgIpc) is 2.82. The average molecular weight is 311 g/mol. The molecule has 0 aliphatic carbocycles. The Bertz CT molecular complexity index is 595. The second-order valence-electron chi connectivity index (χ2n) is 5.43. The summed E-state index contributed by atoms with van der Waals surface area (Å²) in [5.74, 6) is 2.76. The molecule has 4 nitrogen and oxygen atoms in total. The number of methoxy groups -OCH3 is 2. The molecule has 0 amide bonds. The van der Waals surface area contributed by atoms with E-state index in [1.165, 1.54) is 0 Å². The van der Waals surface area contributed by atoms with Crippen LogP contribution in [0.4, 0.5) is 0 Å². The number of aryl methyl sites for hydroxylation is 1. The van der Waals surface area contributed by atoms with Gasteiger partial charge in [-0.1, -0.05) is 19.9 Å². The van der Waals surface area contributed by atoms with Crippen LogP contribution in [-0.2, 0) is 11.2 Å². The molecule has 0 saturated carbocycles. The summed E-state index contributed by atoms with van der Waals surface area (Å²) in [5.41, 5.74) is 1.96. The van der Waals surface area contributed by atoms with E-state index in [2.05, 4.69) is 24.5 Å². The molecule has 1 heterocycles. The number of para-hydroxylation sites is 1. The van der Waals surface area contributed by atoms with Crippen LogP contribution >= 0.6 is 11.6 Å². The van der Waals surface area contributed by atoms with Crippen molar-refractivity contribution in [3.8, 4) is 5.75 Å². The first-order valence-electron chi connectivity index (χ1n) is 7.22. The third-order valence-corrected chi connectivity index (χ3v) is 3.92. The highest BCUT2D eigenvalue weighted by atomic mass is 35.5. The Morgan fingerprint density at radius 2 is 2.05 bits per heavy atom. The number of hydrogen-bond donors (Lipinski definition) is 0. The number of rotatable bonds is 7. The minimum absolute atomic E-state index is 0.227. The van der Waals surface area contributed by atoms with Crippen molar-refractivity contribution >= 4 is 22.6 Å². The van der Waals surface area contributed by atoms with Gasteiger partial charge in [0, 0.05) is 19.4 Å². The molecule has 0 spiro atoms. The van der Waals surface area contributed by atoms with Gasteiger partial charge in [-0.3, -0.25) is 0 Å². The number of benzene rings is 1. The Kier molecular flexibility index (Phi) is 5.48. The molecule has 0 aliphatic rings. The van der Waals surface area contributed by atoms with Crippen LogP contribution in [0.1, 0.15) is 25.7 Å². The first-order valence-corrected chi connectivity index (χ1v) is 7.76. The highest BCUT2D eigenvalue weighted by molar-refractivity contribution is 6.17. The summed E-state index contributed by atoms with van der Waals surface area (Å²) in [6.07, 6.45) is 0.728. The maximum atomic E-state index is 5.95. The summed E-state index contributed by atoms with van der Waals surface area (Å²) in [4.78, 5) is 4.76. The van der Waals surface area contributed by atoms with E-state index in [0.717, 1.165) is 29.0 Å². The molecule has 0 aliphatic heterocycles. The Morgan fingerprint density at radius 1 is 1.29 bits per heavy atom. The zero-order chi connectivity index (χ0) is 15.4. The first kappa shape index (κ1) is 16.1. The highest BCUT2D eigenvalue weighted by Gasteiger charge is 2.23. The maximum Gasteiger partial charge on any atom is 0.146 e. The summed E-state index contributed by atoms with van der Waals surface area (Å²) >= 11 is 5.95. The number of fused-ring (bicyclic) bond motifs is 1. The smallest absolute Gasteiger partial charge is 0.146 e. The second kappa shape index (κ2) is 7.14. The molecule has 1 atom stereocenters. The standard InChI is InChI=1S/C16H23ClN2O2/c1-11(2)13(10-20-3)19-12-6-5-7-14(21-4)16(12)18-15(19)8-9-17/h5-7,11,13H,8-10H2,1-4H3. The third kappa shape index (κ3) is 3.16. The van der Waals surface area contributed by atoms with Crippen LogP contribution in [0.5, 0.6) is 5.75 Å². The summed E-state index contributed by atoms with van der Waals surface area (Å²) in [7, 11) is 3.40. The predicted molar refractivity (Wildman–Crippen MR) is 86.5 cm³/mol. The maximum absolute atomic E-state index is 5.95. The number of ether oxygens (including phenoxy) is 2. The molecular weight excluding hydrogens is 288 g/mol. The van der Waals surface area contributed by atoms with Crippen LogP contribution in [-0.4, -0.2) is 36.3 Å². The van der Waals surface area contributed by atoms with Crippen molar-refractivity contribution in [2.24, 2.45) is 5.92 Å². The Morgan fingerprint density at radius 3 is 2.62 bits per heavy atom. The topological polar surface area (TPSA) is 36.3 Å². The van der Waals surface area contributed by atoms with Crippen molar-refractivity contribution < 1.29 is 9.47 Å². The summed E-state index contributed by atoms with van der Waals surface area (Å²) < 4.78 is 13.1. The van der Waals surface area contributed by atoms with E-state index in [1.807, 2.05) is 12.1 Å². The van der Waals surface area contributed by atoms with E-state index in [9.17, 15) is 0 Å². The third-order valence-electron chi connectivity index (χ3n) is 3.73. The van der Waals surface area contributed by atoms with E-state index in [1.54, 1.807) is 14.2 Å². The molecule has 1 unspecified atom stereocenters. The van der Waals surface area contributed by atoms with Gasteiger partial charge in [0.1, 0.15) is 17.1 Å². The molecule has 0 fully saturated rings. The number of nitrogens with zero attached hydrogens (tertiary/aromatic N) is 2. The minimum Gasteiger partial charge on any atom is -0.494 e. The van der Waals surface area contributed by atoms with Gasteiger partial charge in [0.25, 0.3) is 0 Å². The molecule has 0 bridgehead atoms. The Balaban J connectivity index is 2.65. The van der Waals surface area contributed by atoms with Crippen LogP contribution in [0.2, 0.25) is 0 Å². The number of imidazole rings is 1. The predicted octanol–water partition coefficient (Wildman–Crippen LogP) is 3.67. The normalized spacial score (nSPS) is 13.0. The van der Waals surface area contributed by atoms with Crippen molar-refractivity contribution in [3.05, 3.63) is 24.0 Å². The van der Waals surface area contributed by atoms with Crippen molar-refractivity contribution in [1.82, 2.24) is 9.55 Å². The molecule has 0 saturated heterocycles. The molecular formula is C16H23ClN2O2. The van der Waals surface area contributed by atoms with Crippen LogP contribution in [0, 0.1) is 5.92 Å². The lowest BCUT2D eigenvalue weighted by molar-refractivity contribution is 0.133. The lowest BCUT2D eigenvalue weighted by atomic mass is 10.0. The SMILES string of the molecule is COCC(C(C)C)n1c(CCCl)nc2c(OC)cccc21. The van der Waals surface area contributed by atoms with Gasteiger partial charge in [-0.2, -0.15) is 0 Å². The van der Waals surface area contributed by atoms with Crippen molar-refractivity contribution in [2.75, 3.05) is 26.7 Å². The molecule has 1 aromatic carbocycles. The van der Waals surface area contributed by atoms with Gasteiger partial charge in [0.05, 0.1) is 25.3 Å². The van der Waals surface area contributed by atoms with Gasteiger partial charge in [-0.15, -0.1) is 11.6 Å². The number of halogens is 1. The van der Waals surface area contributed by atoms with Crippen molar-refractivity contribution in [1.29, 1.82) is 0 Å². The zero-order valence-corrected chi connectivity index (χ0v) is 13.9. The van der Waals surface area contributed by atoms with Crippen molar-refractivity contribution in [3.63, 3.8) is 0 Å². The van der Waals surface area contributed by atoms with E-state index < -0.39 is 0 Å². The van der Waals surface area contributed by atoms with E-state index in [-0.39, 0.29) is 6.04 Å². The number of hydrogen-bond acceptors (Lipinski definition) is 3.